The third-order valence-corrected chi connectivity index (χ3v) is 4.65. The number of amides is 1. The molecule has 0 bridgehead atoms. The van der Waals surface area contributed by atoms with Crippen LogP contribution in [0.5, 0.6) is 11.5 Å². The predicted octanol–water partition coefficient (Wildman–Crippen LogP) is 3.07. The van der Waals surface area contributed by atoms with E-state index in [0.29, 0.717) is 5.56 Å². The van der Waals surface area contributed by atoms with Gasteiger partial charge in [-0.25, -0.2) is 15.0 Å². The van der Waals surface area contributed by atoms with E-state index in [2.05, 4.69) is 34.7 Å². The molecule has 11 heteroatoms. The molecule has 3 heterocycles. The molecule has 0 saturated heterocycles. The number of rotatable bonds is 4. The maximum atomic E-state index is 13.4. The van der Waals surface area contributed by atoms with Crippen molar-refractivity contribution in [3.05, 3.63) is 64.3 Å². The topological polar surface area (TPSA) is 119 Å². The third kappa shape index (κ3) is 4.41. The molecule has 4 rings (SSSR count). The zero-order valence-corrected chi connectivity index (χ0v) is 17.3. The monoisotopic (exact) mass is 443 g/mol. The van der Waals surface area contributed by atoms with Crippen LogP contribution in [0.2, 0.25) is 0 Å². The van der Waals surface area contributed by atoms with Crippen LogP contribution in [-0.4, -0.2) is 32.1 Å². The molecule has 0 spiro atoms. The number of benzene rings is 1. The van der Waals surface area contributed by atoms with Crippen molar-refractivity contribution in [1.29, 1.82) is 0 Å². The second kappa shape index (κ2) is 7.66. The lowest BCUT2D eigenvalue weighted by Gasteiger charge is -2.32. The minimum absolute atomic E-state index is 0.0425. The van der Waals surface area contributed by atoms with Gasteiger partial charge in [0, 0.05) is 18.5 Å². The second-order valence-electron chi connectivity index (χ2n) is 8.20. The molecule has 9 nitrogen and oxygen atoms in total. The minimum atomic E-state index is -3.74. The summed E-state index contributed by atoms with van der Waals surface area (Å²) >= 11 is 0. The zero-order chi connectivity index (χ0) is 23.1. The number of aromatic nitrogens is 4. The highest BCUT2D eigenvalue weighted by Gasteiger charge is 2.44. The predicted molar refractivity (Wildman–Crippen MR) is 108 cm³/mol. The maximum Gasteiger partial charge on any atom is 0.586 e. The van der Waals surface area contributed by atoms with Gasteiger partial charge in [0.25, 0.3) is 11.5 Å². The molecule has 32 heavy (non-hydrogen) atoms. The van der Waals surface area contributed by atoms with E-state index in [1.54, 1.807) is 12.1 Å². The number of nitrogens with one attached hydrogen (secondary N) is 2. The van der Waals surface area contributed by atoms with Gasteiger partial charge in [-0.3, -0.25) is 9.59 Å². The van der Waals surface area contributed by atoms with Gasteiger partial charge in [0.2, 0.25) is 0 Å². The van der Waals surface area contributed by atoms with Gasteiger partial charge < -0.3 is 19.8 Å². The van der Waals surface area contributed by atoms with Crippen LogP contribution in [0.25, 0.3) is 11.6 Å². The molecule has 1 aromatic carbocycles. The first-order valence-corrected chi connectivity index (χ1v) is 9.61. The highest BCUT2D eigenvalue weighted by atomic mass is 19.3. The van der Waals surface area contributed by atoms with E-state index in [9.17, 15) is 18.4 Å². The lowest BCUT2D eigenvalue weighted by molar-refractivity contribution is -0.286. The van der Waals surface area contributed by atoms with Gasteiger partial charge in [0.05, 0.1) is 6.04 Å². The van der Waals surface area contributed by atoms with Crippen molar-refractivity contribution in [2.24, 2.45) is 5.41 Å². The Morgan fingerprint density at radius 2 is 1.81 bits per heavy atom. The minimum Gasteiger partial charge on any atom is -0.395 e. The van der Waals surface area contributed by atoms with Crippen molar-refractivity contribution < 1.29 is 23.0 Å². The Bertz CT molecular complexity index is 1220. The first-order valence-electron chi connectivity index (χ1n) is 9.61. The molecule has 2 N–H and O–H groups in total. The second-order valence-corrected chi connectivity index (χ2v) is 8.20. The van der Waals surface area contributed by atoms with Crippen LogP contribution in [0.3, 0.4) is 0 Å². The number of aromatic amines is 1. The van der Waals surface area contributed by atoms with E-state index in [4.69, 9.17) is 0 Å². The molecule has 3 aromatic rings. The smallest absolute Gasteiger partial charge is 0.395 e. The molecule has 1 aliphatic heterocycles. The van der Waals surface area contributed by atoms with Gasteiger partial charge in [0.1, 0.15) is 5.69 Å². The number of alkyl halides is 2. The molecular weight excluding hydrogens is 424 g/mol. The maximum absolute atomic E-state index is 13.4. The molecule has 1 aliphatic rings. The van der Waals surface area contributed by atoms with Crippen molar-refractivity contribution in [2.45, 2.75) is 33.1 Å². The van der Waals surface area contributed by atoms with Crippen molar-refractivity contribution in [2.75, 3.05) is 0 Å². The van der Waals surface area contributed by atoms with Crippen molar-refractivity contribution >= 4 is 5.91 Å². The largest absolute Gasteiger partial charge is 0.586 e. The van der Waals surface area contributed by atoms with Gasteiger partial charge in [-0.15, -0.1) is 8.78 Å². The summed E-state index contributed by atoms with van der Waals surface area (Å²) in [5.74, 6) is -0.657. The van der Waals surface area contributed by atoms with Gasteiger partial charge in [-0.05, 0) is 29.2 Å². The molecular formula is C21H19F2N5O4. The summed E-state index contributed by atoms with van der Waals surface area (Å²) in [6, 6.07) is 6.34. The van der Waals surface area contributed by atoms with Crippen LogP contribution in [-0.2, 0) is 0 Å². The van der Waals surface area contributed by atoms with Crippen molar-refractivity contribution in [3.8, 4) is 23.1 Å². The Hall–Kier alpha value is -3.89. The fourth-order valence-electron chi connectivity index (χ4n) is 3.25. The Morgan fingerprint density at radius 3 is 2.50 bits per heavy atom. The van der Waals surface area contributed by atoms with E-state index in [1.807, 2.05) is 20.8 Å². The Labute approximate surface area is 180 Å². The molecule has 0 radical (unpaired) electrons. The van der Waals surface area contributed by atoms with E-state index >= 15 is 0 Å². The van der Waals surface area contributed by atoms with Crippen LogP contribution < -0.4 is 20.3 Å². The Balaban J connectivity index is 1.65. The van der Waals surface area contributed by atoms with E-state index in [0.717, 1.165) is 6.07 Å². The highest BCUT2D eigenvalue weighted by Crippen LogP contribution is 2.44. The summed E-state index contributed by atoms with van der Waals surface area (Å²) < 4.78 is 35.7. The van der Waals surface area contributed by atoms with Gasteiger partial charge in [-0.2, -0.15) is 0 Å². The number of fused-ring (bicyclic) bond motifs is 1. The summed E-state index contributed by atoms with van der Waals surface area (Å²) in [5, 5.41) is 2.83. The normalized spacial score (nSPS) is 15.3. The number of carbonyl (C=O) groups excluding carboxylic acids is 1. The van der Waals surface area contributed by atoms with Crippen LogP contribution in [0.1, 0.15) is 42.9 Å². The summed E-state index contributed by atoms with van der Waals surface area (Å²) in [7, 11) is 0. The van der Waals surface area contributed by atoms with Gasteiger partial charge in [-0.1, -0.05) is 26.8 Å². The fraction of sp³-hybridized carbons (Fsp3) is 0.286. The SMILES string of the molecule is CC(C)(C)[C@@H](NC(=O)c1cc(=O)[nH]c(-c2ncccn2)n1)c1ccc2c(c1)OC(F)(F)O2. The van der Waals surface area contributed by atoms with Crippen molar-refractivity contribution in [3.63, 3.8) is 0 Å². The first kappa shape index (κ1) is 21.3. The number of ether oxygens (including phenoxy) is 2. The summed E-state index contributed by atoms with van der Waals surface area (Å²) in [6.07, 6.45) is -0.784. The first-order chi connectivity index (χ1) is 15.0. The van der Waals surface area contributed by atoms with Crippen LogP contribution in [0.4, 0.5) is 8.78 Å². The lowest BCUT2D eigenvalue weighted by Crippen LogP contribution is -2.37. The fourth-order valence-corrected chi connectivity index (χ4v) is 3.25. The molecule has 166 valence electrons. The van der Waals surface area contributed by atoms with Crippen LogP contribution >= 0.6 is 0 Å². The number of H-pyrrole nitrogens is 1. The highest BCUT2D eigenvalue weighted by molar-refractivity contribution is 5.92. The molecule has 0 fully saturated rings. The van der Waals surface area contributed by atoms with E-state index < -0.39 is 29.2 Å². The molecule has 2 aromatic heterocycles. The van der Waals surface area contributed by atoms with E-state index in [1.165, 1.54) is 24.5 Å². The van der Waals surface area contributed by atoms with Gasteiger partial charge in [0.15, 0.2) is 23.1 Å². The third-order valence-electron chi connectivity index (χ3n) is 4.65. The van der Waals surface area contributed by atoms with Crippen LogP contribution in [0.15, 0.2) is 47.5 Å². The number of nitrogens with zero attached hydrogens (tertiary/aromatic N) is 3. The summed E-state index contributed by atoms with van der Waals surface area (Å²) in [5.41, 5.74) is -0.705. The number of hydrogen-bond acceptors (Lipinski definition) is 7. The molecule has 0 saturated carbocycles. The number of hydrogen-bond donors (Lipinski definition) is 2. The molecule has 1 amide bonds. The number of halogens is 2. The molecule has 1 atom stereocenters. The number of carbonyl (C=O) groups is 1. The Morgan fingerprint density at radius 1 is 1.12 bits per heavy atom. The average molecular weight is 443 g/mol. The average Bonchev–Trinajstić information content (AvgIpc) is 3.04. The standard InChI is InChI=1S/C21H19F2N5O4/c1-20(2,3)16(11-5-6-13-14(9-11)32-21(22,23)31-13)28-19(30)12-10-15(29)27-18(26-12)17-24-7-4-8-25-17/h4-10,16H,1-3H3,(H,28,30)(H,26,27,29)/t16-/m0/s1. The Kier molecular flexibility index (Phi) is 5.11. The summed E-state index contributed by atoms with van der Waals surface area (Å²) in [4.78, 5) is 39.8. The quantitative estimate of drug-likeness (QED) is 0.636. The summed E-state index contributed by atoms with van der Waals surface area (Å²) in [6.45, 7) is 5.60. The molecule has 0 unspecified atom stereocenters. The lowest BCUT2D eigenvalue weighted by atomic mass is 9.82. The van der Waals surface area contributed by atoms with E-state index in [-0.39, 0.29) is 28.8 Å². The van der Waals surface area contributed by atoms with Crippen LogP contribution in [0, 0.1) is 5.41 Å². The van der Waals surface area contributed by atoms with Crippen molar-refractivity contribution in [1.82, 2.24) is 25.3 Å². The van der Waals surface area contributed by atoms with Gasteiger partial charge >= 0.3 is 6.29 Å². The molecule has 0 aliphatic carbocycles. The zero-order valence-electron chi connectivity index (χ0n) is 17.3.